The van der Waals surface area contributed by atoms with Gasteiger partial charge in [0.2, 0.25) is 0 Å². The van der Waals surface area contributed by atoms with Crippen LogP contribution in [0.25, 0.3) is 0 Å². The summed E-state index contributed by atoms with van der Waals surface area (Å²) in [7, 11) is 0. The minimum absolute atomic E-state index is 0.337. The van der Waals surface area contributed by atoms with Gasteiger partial charge in [0.15, 0.2) is 0 Å². The average molecular weight is 228 g/mol. The Morgan fingerprint density at radius 2 is 2.20 bits per heavy atom. The van der Waals surface area contributed by atoms with E-state index in [-0.39, 0.29) is 0 Å². The van der Waals surface area contributed by atoms with Gasteiger partial charge in [-0.05, 0) is 37.0 Å². The summed E-state index contributed by atoms with van der Waals surface area (Å²) in [5.74, 6) is 3.34. The first kappa shape index (κ1) is 9.46. The van der Waals surface area contributed by atoms with Gasteiger partial charge in [-0.2, -0.15) is 5.10 Å². The van der Waals surface area contributed by atoms with Crippen molar-refractivity contribution < 1.29 is 4.79 Å². The lowest BCUT2D eigenvalue weighted by Crippen LogP contribution is -2.28. The largest absolute Gasteiger partial charge is 0.350 e. The number of nitrogens with zero attached hydrogens (tertiary/aromatic N) is 1. The van der Waals surface area contributed by atoms with Crippen molar-refractivity contribution in [3.05, 3.63) is 0 Å². The molecule has 0 aromatic carbocycles. The number of amides is 2. The topological polar surface area (TPSA) is 67.5 Å². The molecule has 4 nitrogen and oxygen atoms in total. The third-order valence-electron chi connectivity index (χ3n) is 4.31. The molecule has 0 aromatic rings. The second-order valence-corrected chi connectivity index (χ2v) is 5.42. The van der Waals surface area contributed by atoms with Gasteiger partial charge in [-0.15, -0.1) is 11.6 Å². The Hall–Kier alpha value is -0.770. The van der Waals surface area contributed by atoms with Crippen molar-refractivity contribution in [3.63, 3.8) is 0 Å². The van der Waals surface area contributed by atoms with Crippen LogP contribution in [0, 0.1) is 29.6 Å². The number of carbonyl (C=O) groups excluding carboxylic acids is 1. The summed E-state index contributed by atoms with van der Waals surface area (Å²) >= 11 is 6.33. The van der Waals surface area contributed by atoms with Crippen molar-refractivity contribution in [1.29, 1.82) is 0 Å². The number of alkyl halides is 1. The highest BCUT2D eigenvalue weighted by atomic mass is 35.5. The van der Waals surface area contributed by atoms with Crippen LogP contribution in [0.15, 0.2) is 5.10 Å². The fourth-order valence-corrected chi connectivity index (χ4v) is 4.48. The summed E-state index contributed by atoms with van der Waals surface area (Å²) in [6.45, 7) is 1.96. The number of hydrogen-bond donors (Lipinski definition) is 2. The molecule has 0 aromatic heterocycles. The van der Waals surface area contributed by atoms with Gasteiger partial charge in [-0.3, -0.25) is 0 Å². The van der Waals surface area contributed by atoms with Crippen LogP contribution < -0.4 is 11.2 Å². The molecule has 0 heterocycles. The van der Waals surface area contributed by atoms with Crippen LogP contribution in [-0.4, -0.2) is 17.1 Å². The van der Waals surface area contributed by atoms with E-state index in [9.17, 15) is 4.79 Å². The van der Waals surface area contributed by atoms with Crippen LogP contribution in [0.3, 0.4) is 0 Å². The third-order valence-corrected chi connectivity index (χ3v) is 4.93. The minimum Gasteiger partial charge on any atom is -0.350 e. The van der Waals surface area contributed by atoms with Crippen molar-refractivity contribution in [3.8, 4) is 0 Å². The SMILES string of the molecule is C/C(=N\NC(N)=O)[C@@H]1[C@@H]2C[C@H]3[C@@H]([C@@H]2Cl)[C@@H]31. The van der Waals surface area contributed by atoms with Gasteiger partial charge in [0.1, 0.15) is 0 Å². The molecule has 4 aliphatic rings. The van der Waals surface area contributed by atoms with Crippen LogP contribution >= 0.6 is 11.6 Å². The zero-order valence-corrected chi connectivity index (χ0v) is 9.24. The molecule has 0 radical (unpaired) electrons. The molecule has 0 unspecified atom stereocenters. The fourth-order valence-electron chi connectivity index (χ4n) is 3.86. The molecule has 0 aliphatic heterocycles. The molecule has 5 heteroatoms. The van der Waals surface area contributed by atoms with Gasteiger partial charge in [-0.25, -0.2) is 10.2 Å². The average Bonchev–Trinajstić information content (AvgIpc) is 2.52. The van der Waals surface area contributed by atoms with E-state index in [0.717, 1.165) is 23.5 Å². The van der Waals surface area contributed by atoms with Crippen molar-refractivity contribution in [1.82, 2.24) is 5.43 Å². The monoisotopic (exact) mass is 227 g/mol. The van der Waals surface area contributed by atoms with E-state index in [1.54, 1.807) is 0 Å². The molecular weight excluding hydrogens is 214 g/mol. The number of hydrogen-bond acceptors (Lipinski definition) is 2. The van der Waals surface area contributed by atoms with E-state index < -0.39 is 6.03 Å². The maximum absolute atomic E-state index is 10.5. The van der Waals surface area contributed by atoms with Crippen LogP contribution in [0.4, 0.5) is 4.79 Å². The Kier molecular flexibility index (Phi) is 1.81. The van der Waals surface area contributed by atoms with E-state index in [2.05, 4.69) is 10.5 Å². The van der Waals surface area contributed by atoms with Crippen LogP contribution in [0.1, 0.15) is 13.3 Å². The normalized spacial score (nSPS) is 50.7. The van der Waals surface area contributed by atoms with Gasteiger partial charge < -0.3 is 5.73 Å². The van der Waals surface area contributed by atoms with Gasteiger partial charge in [0, 0.05) is 17.0 Å². The van der Waals surface area contributed by atoms with Gasteiger partial charge in [0.05, 0.1) is 0 Å². The molecule has 4 aliphatic carbocycles. The number of carbonyl (C=O) groups is 1. The molecule has 4 bridgehead atoms. The first-order valence-corrected chi connectivity index (χ1v) is 5.78. The first-order chi connectivity index (χ1) is 7.11. The van der Waals surface area contributed by atoms with Crippen LogP contribution in [-0.2, 0) is 0 Å². The summed E-state index contributed by atoms with van der Waals surface area (Å²) in [5.41, 5.74) is 8.26. The number of nitrogens with one attached hydrogen (secondary N) is 1. The smallest absolute Gasteiger partial charge is 0.332 e. The van der Waals surface area contributed by atoms with E-state index in [0.29, 0.717) is 17.2 Å². The molecular formula is C10H14ClN3O. The zero-order chi connectivity index (χ0) is 10.7. The zero-order valence-electron chi connectivity index (χ0n) is 8.48. The Balaban J connectivity index is 1.75. The highest BCUT2D eigenvalue weighted by Crippen LogP contribution is 2.74. The Morgan fingerprint density at radius 3 is 2.60 bits per heavy atom. The summed E-state index contributed by atoms with van der Waals surface area (Å²) in [4.78, 5) is 10.5. The van der Waals surface area contributed by atoms with Crippen LogP contribution in [0.2, 0.25) is 0 Å². The molecule has 0 spiro atoms. The predicted octanol–water partition coefficient (Wildman–Crippen LogP) is 1.15. The molecule has 15 heavy (non-hydrogen) atoms. The molecule has 4 saturated carbocycles. The molecule has 2 amide bonds. The molecule has 3 N–H and O–H groups in total. The first-order valence-electron chi connectivity index (χ1n) is 5.35. The summed E-state index contributed by atoms with van der Waals surface area (Å²) in [6.07, 6.45) is 1.25. The Morgan fingerprint density at radius 1 is 1.47 bits per heavy atom. The Bertz CT molecular complexity index is 357. The number of urea groups is 1. The standard InChI is InChI=1S/C10H14ClN3O/c1-3(13-14-10(12)15)6-5-2-4-7(6)8(4)9(5)11/h4-9H,2H2,1H3,(H3,12,14,15)/b13-3+/t4-,5+,6-,7+,8-,9-/m1/s1. The van der Waals surface area contributed by atoms with Gasteiger partial charge in [-0.1, -0.05) is 0 Å². The number of hydrazone groups is 1. The highest BCUT2D eigenvalue weighted by Gasteiger charge is 2.73. The van der Waals surface area contributed by atoms with Crippen molar-refractivity contribution in [2.24, 2.45) is 40.4 Å². The molecule has 4 rings (SSSR count). The van der Waals surface area contributed by atoms with Gasteiger partial charge >= 0.3 is 6.03 Å². The second kappa shape index (κ2) is 2.88. The number of halogens is 1. The van der Waals surface area contributed by atoms with E-state index in [1.165, 1.54) is 6.42 Å². The molecule has 0 saturated heterocycles. The maximum atomic E-state index is 10.5. The van der Waals surface area contributed by atoms with E-state index in [4.69, 9.17) is 17.3 Å². The quantitative estimate of drug-likeness (QED) is 0.415. The second-order valence-electron chi connectivity index (χ2n) is 4.92. The lowest BCUT2D eigenvalue weighted by Gasteiger charge is -2.16. The van der Waals surface area contributed by atoms with Crippen LogP contribution in [0.5, 0.6) is 0 Å². The molecule has 82 valence electrons. The fraction of sp³-hybridized carbons (Fsp3) is 0.800. The van der Waals surface area contributed by atoms with Gasteiger partial charge in [0.25, 0.3) is 0 Å². The predicted molar refractivity (Wildman–Crippen MR) is 57.5 cm³/mol. The lowest BCUT2D eigenvalue weighted by molar-refractivity contribution is 0.249. The lowest BCUT2D eigenvalue weighted by atomic mass is 9.94. The minimum atomic E-state index is -0.602. The maximum Gasteiger partial charge on any atom is 0.332 e. The number of rotatable bonds is 2. The highest BCUT2D eigenvalue weighted by molar-refractivity contribution is 6.22. The molecule has 4 fully saturated rings. The van der Waals surface area contributed by atoms with Crippen molar-refractivity contribution in [2.45, 2.75) is 18.7 Å². The van der Waals surface area contributed by atoms with E-state index >= 15 is 0 Å². The molecule has 6 atom stereocenters. The van der Waals surface area contributed by atoms with Crippen molar-refractivity contribution in [2.75, 3.05) is 0 Å². The summed E-state index contributed by atoms with van der Waals surface area (Å²) < 4.78 is 0. The van der Waals surface area contributed by atoms with Crippen molar-refractivity contribution >= 4 is 23.3 Å². The Labute approximate surface area is 93.2 Å². The number of nitrogens with two attached hydrogens (primary N) is 1. The summed E-state index contributed by atoms with van der Waals surface area (Å²) in [5, 5.41) is 4.36. The third kappa shape index (κ3) is 1.14. The number of primary amides is 1. The summed E-state index contributed by atoms with van der Waals surface area (Å²) in [6, 6.07) is -0.602. The van der Waals surface area contributed by atoms with E-state index in [1.807, 2.05) is 6.92 Å².